The monoisotopic (exact) mass is 398 g/mol. The highest BCUT2D eigenvalue weighted by Gasteiger charge is 2.32. The van der Waals surface area contributed by atoms with Gasteiger partial charge in [-0.05, 0) is 6.42 Å². The molecule has 0 bridgehead atoms. The van der Waals surface area contributed by atoms with E-state index in [1.54, 1.807) is 24.3 Å². The normalized spacial score (nSPS) is 13.4. The third kappa shape index (κ3) is 6.84. The number of hydrogen-bond donors (Lipinski definition) is 2. The van der Waals surface area contributed by atoms with Crippen LogP contribution in [-0.2, 0) is 4.79 Å². The van der Waals surface area contributed by atoms with Crippen molar-refractivity contribution in [3.05, 3.63) is 46.8 Å². The molecule has 1 aliphatic rings. The Balaban J connectivity index is 1.82. The van der Waals surface area contributed by atoms with Crippen LogP contribution >= 0.6 is 0 Å². The Morgan fingerprint density at radius 3 is 1.76 bits per heavy atom. The number of allylic oxidation sites excluding steroid dienone is 2. The summed E-state index contributed by atoms with van der Waals surface area (Å²) in [7, 11) is 0. The highest BCUT2D eigenvalue weighted by atomic mass is 16.2. The average molecular weight is 399 g/mol. The Labute approximate surface area is 174 Å². The van der Waals surface area contributed by atoms with Gasteiger partial charge in [0.05, 0.1) is 0 Å². The SMILES string of the molecule is CCCCCCCCCCCCNC1=C(NC(C)=O)C(=O)c2ccccc2C1=O. The van der Waals surface area contributed by atoms with Crippen LogP contribution in [0.5, 0.6) is 0 Å². The molecule has 0 heterocycles. The van der Waals surface area contributed by atoms with Gasteiger partial charge in [0.2, 0.25) is 17.5 Å². The second-order valence-electron chi connectivity index (χ2n) is 7.74. The predicted molar refractivity (Wildman–Crippen MR) is 116 cm³/mol. The molecule has 0 spiro atoms. The number of unbranched alkanes of at least 4 members (excludes halogenated alkanes) is 9. The molecule has 2 N–H and O–H groups in total. The van der Waals surface area contributed by atoms with Crippen molar-refractivity contribution in [1.29, 1.82) is 0 Å². The first-order valence-electron chi connectivity index (χ1n) is 11.0. The third-order valence-electron chi connectivity index (χ3n) is 5.25. The van der Waals surface area contributed by atoms with Crippen molar-refractivity contribution in [1.82, 2.24) is 10.6 Å². The van der Waals surface area contributed by atoms with Crippen molar-refractivity contribution in [2.75, 3.05) is 6.54 Å². The standard InChI is InChI=1S/C24H34N2O3/c1-3-4-5-6-7-8-9-10-11-14-17-25-21-22(26-18(2)27)24(29)20-16-13-12-15-19(20)23(21)28/h12-13,15-16,25H,3-11,14,17H2,1-2H3,(H,26,27). The van der Waals surface area contributed by atoms with E-state index >= 15 is 0 Å². The molecule has 1 aromatic rings. The molecule has 29 heavy (non-hydrogen) atoms. The smallest absolute Gasteiger partial charge is 0.221 e. The predicted octanol–water partition coefficient (Wildman–Crippen LogP) is 4.92. The van der Waals surface area contributed by atoms with Crippen LogP contribution in [0.1, 0.15) is 98.8 Å². The fraction of sp³-hybridized carbons (Fsp3) is 0.542. The van der Waals surface area contributed by atoms with Crippen molar-refractivity contribution in [3.63, 3.8) is 0 Å². The number of ketones is 2. The highest BCUT2D eigenvalue weighted by Crippen LogP contribution is 2.24. The molecule has 1 aliphatic carbocycles. The minimum atomic E-state index is -0.362. The van der Waals surface area contributed by atoms with E-state index in [-0.39, 0.29) is 28.9 Å². The maximum Gasteiger partial charge on any atom is 0.221 e. The molecule has 0 saturated carbocycles. The molecular formula is C24H34N2O3. The number of carbonyl (C=O) groups excluding carboxylic acids is 3. The quantitative estimate of drug-likeness (QED) is 0.462. The summed E-state index contributed by atoms with van der Waals surface area (Å²) in [6, 6.07) is 6.74. The summed E-state index contributed by atoms with van der Waals surface area (Å²) >= 11 is 0. The Hall–Kier alpha value is -2.43. The molecule has 1 aromatic carbocycles. The van der Waals surface area contributed by atoms with Crippen LogP contribution in [0.3, 0.4) is 0 Å². The first kappa shape index (κ1) is 22.9. The van der Waals surface area contributed by atoms with E-state index in [9.17, 15) is 14.4 Å². The molecule has 158 valence electrons. The van der Waals surface area contributed by atoms with Gasteiger partial charge in [0, 0.05) is 24.6 Å². The van der Waals surface area contributed by atoms with E-state index in [1.807, 2.05) is 0 Å². The zero-order valence-electron chi connectivity index (χ0n) is 17.8. The Morgan fingerprint density at radius 1 is 0.759 bits per heavy atom. The highest BCUT2D eigenvalue weighted by molar-refractivity contribution is 6.27. The molecule has 5 heteroatoms. The third-order valence-corrected chi connectivity index (χ3v) is 5.25. The summed E-state index contributed by atoms with van der Waals surface area (Å²) in [6.07, 6.45) is 12.4. The number of rotatable bonds is 13. The number of benzene rings is 1. The fourth-order valence-corrected chi connectivity index (χ4v) is 3.67. The van der Waals surface area contributed by atoms with E-state index < -0.39 is 0 Å². The Morgan fingerprint density at radius 2 is 1.24 bits per heavy atom. The van der Waals surface area contributed by atoms with Gasteiger partial charge in [0.15, 0.2) is 0 Å². The Kier molecular flexibility index (Phi) is 9.62. The van der Waals surface area contributed by atoms with Crippen LogP contribution in [0, 0.1) is 0 Å². The van der Waals surface area contributed by atoms with Gasteiger partial charge in [0.25, 0.3) is 0 Å². The molecule has 5 nitrogen and oxygen atoms in total. The molecule has 1 amide bonds. The van der Waals surface area contributed by atoms with Crippen molar-refractivity contribution < 1.29 is 14.4 Å². The van der Waals surface area contributed by atoms with Crippen molar-refractivity contribution >= 4 is 17.5 Å². The molecule has 0 atom stereocenters. The summed E-state index contributed by atoms with van der Waals surface area (Å²) in [4.78, 5) is 37.1. The summed E-state index contributed by atoms with van der Waals surface area (Å²) in [5.74, 6) is -0.921. The van der Waals surface area contributed by atoms with Gasteiger partial charge in [0.1, 0.15) is 11.4 Å². The molecule has 0 radical (unpaired) electrons. The Bertz CT molecular complexity index is 752. The van der Waals surface area contributed by atoms with Crippen LogP contribution in [0.15, 0.2) is 35.7 Å². The molecule has 0 aliphatic heterocycles. The summed E-state index contributed by atoms with van der Waals surface area (Å²) in [5.41, 5.74) is 0.996. The van der Waals surface area contributed by atoms with Crippen LogP contribution < -0.4 is 10.6 Å². The molecule has 0 aromatic heterocycles. The lowest BCUT2D eigenvalue weighted by Crippen LogP contribution is -2.37. The first-order chi connectivity index (χ1) is 14.1. The second-order valence-corrected chi connectivity index (χ2v) is 7.74. The lowest BCUT2D eigenvalue weighted by molar-refractivity contribution is -0.118. The number of hydrogen-bond acceptors (Lipinski definition) is 4. The number of carbonyl (C=O) groups is 3. The summed E-state index contributed by atoms with van der Waals surface area (Å²) < 4.78 is 0. The fourth-order valence-electron chi connectivity index (χ4n) is 3.67. The van der Waals surface area contributed by atoms with E-state index in [2.05, 4.69) is 17.6 Å². The molecule has 0 saturated heterocycles. The first-order valence-corrected chi connectivity index (χ1v) is 11.0. The topological polar surface area (TPSA) is 75.3 Å². The largest absolute Gasteiger partial charge is 0.380 e. The molecule has 0 fully saturated rings. The van der Waals surface area contributed by atoms with E-state index in [0.717, 1.165) is 12.8 Å². The van der Waals surface area contributed by atoms with Gasteiger partial charge in [-0.2, -0.15) is 0 Å². The number of Topliss-reactive ketones (excluding diaryl/α,β-unsaturated/α-hetero) is 2. The average Bonchev–Trinajstić information content (AvgIpc) is 2.71. The maximum atomic E-state index is 12.8. The summed E-state index contributed by atoms with van der Waals surface area (Å²) in [5, 5.41) is 5.67. The second kappa shape index (κ2) is 12.2. The zero-order valence-corrected chi connectivity index (χ0v) is 17.8. The van der Waals surface area contributed by atoms with Crippen molar-refractivity contribution in [2.45, 2.75) is 78.1 Å². The number of amides is 1. The van der Waals surface area contributed by atoms with Crippen LogP contribution in [0.4, 0.5) is 0 Å². The minimum absolute atomic E-state index is 0.0632. The summed E-state index contributed by atoms with van der Waals surface area (Å²) in [6.45, 7) is 4.18. The van der Waals surface area contributed by atoms with Crippen LogP contribution in [0.25, 0.3) is 0 Å². The van der Waals surface area contributed by atoms with E-state index in [1.165, 1.54) is 58.3 Å². The molecular weight excluding hydrogens is 364 g/mol. The molecule has 2 rings (SSSR count). The lowest BCUT2D eigenvalue weighted by Gasteiger charge is -2.22. The number of nitrogens with one attached hydrogen (secondary N) is 2. The van der Waals surface area contributed by atoms with E-state index in [4.69, 9.17) is 0 Å². The van der Waals surface area contributed by atoms with Gasteiger partial charge in [-0.1, -0.05) is 89.0 Å². The van der Waals surface area contributed by atoms with Gasteiger partial charge in [-0.25, -0.2) is 0 Å². The van der Waals surface area contributed by atoms with Crippen LogP contribution in [0.2, 0.25) is 0 Å². The lowest BCUT2D eigenvalue weighted by atomic mass is 9.90. The van der Waals surface area contributed by atoms with Crippen LogP contribution in [-0.4, -0.2) is 24.0 Å². The van der Waals surface area contributed by atoms with Gasteiger partial charge >= 0.3 is 0 Å². The maximum absolute atomic E-state index is 12.8. The minimum Gasteiger partial charge on any atom is -0.380 e. The van der Waals surface area contributed by atoms with Gasteiger partial charge < -0.3 is 10.6 Å². The molecule has 0 unspecified atom stereocenters. The number of fused-ring (bicyclic) bond motifs is 1. The zero-order chi connectivity index (χ0) is 21.1. The van der Waals surface area contributed by atoms with E-state index in [0.29, 0.717) is 17.7 Å². The van der Waals surface area contributed by atoms with Gasteiger partial charge in [-0.15, -0.1) is 0 Å². The van der Waals surface area contributed by atoms with Crippen molar-refractivity contribution in [2.24, 2.45) is 0 Å². The van der Waals surface area contributed by atoms with Gasteiger partial charge in [-0.3, -0.25) is 14.4 Å². The van der Waals surface area contributed by atoms with Crippen molar-refractivity contribution in [3.8, 4) is 0 Å².